The molecule has 98 valence electrons. The first-order valence-electron chi connectivity index (χ1n) is 5.31. The lowest BCUT2D eigenvalue weighted by atomic mass is 10.2. The van der Waals surface area contributed by atoms with Crippen LogP contribution in [0.3, 0.4) is 0 Å². The first-order chi connectivity index (χ1) is 8.45. The van der Waals surface area contributed by atoms with E-state index in [2.05, 4.69) is 6.58 Å². The first-order valence-corrected chi connectivity index (χ1v) is 6.80. The van der Waals surface area contributed by atoms with Gasteiger partial charge in [-0.05, 0) is 25.1 Å². The van der Waals surface area contributed by atoms with Gasteiger partial charge in [-0.15, -0.1) is 0 Å². The third-order valence-electron chi connectivity index (χ3n) is 2.68. The highest BCUT2D eigenvalue weighted by Crippen LogP contribution is 2.35. The van der Waals surface area contributed by atoms with Crippen molar-refractivity contribution in [2.45, 2.75) is 11.8 Å². The fourth-order valence-corrected chi connectivity index (χ4v) is 2.43. The standard InChI is InChI=1S/C11H14N2O4S/c1-8(2)13-5-6-17-11-4-3-9(7-10(11)13)18(15,16)12-14/h3-4,7,12,14H,1,5-6H2,2H3. The lowest BCUT2D eigenvalue weighted by molar-refractivity contribution is 0.242. The second kappa shape index (κ2) is 4.60. The molecule has 0 aromatic heterocycles. The minimum atomic E-state index is -3.89. The van der Waals surface area contributed by atoms with Gasteiger partial charge in [-0.25, -0.2) is 8.42 Å². The topological polar surface area (TPSA) is 78.9 Å². The molecule has 0 radical (unpaired) electrons. The Bertz CT molecular complexity index is 583. The number of nitrogens with one attached hydrogen (secondary N) is 1. The molecule has 1 aliphatic rings. The molecule has 0 unspecified atom stereocenters. The maximum absolute atomic E-state index is 11.5. The van der Waals surface area contributed by atoms with E-state index in [0.29, 0.717) is 24.6 Å². The summed E-state index contributed by atoms with van der Waals surface area (Å²) in [6.45, 7) is 6.81. The lowest BCUT2D eigenvalue weighted by Crippen LogP contribution is -2.31. The van der Waals surface area contributed by atoms with Crippen LogP contribution in [0, 0.1) is 0 Å². The monoisotopic (exact) mass is 270 g/mol. The number of allylic oxidation sites excluding steroid dienone is 1. The summed E-state index contributed by atoms with van der Waals surface area (Å²) in [6.07, 6.45) is 0. The van der Waals surface area contributed by atoms with E-state index >= 15 is 0 Å². The molecule has 0 atom stereocenters. The highest BCUT2D eigenvalue weighted by molar-refractivity contribution is 7.89. The molecule has 1 aliphatic heterocycles. The van der Waals surface area contributed by atoms with Crippen molar-refractivity contribution in [3.05, 3.63) is 30.5 Å². The van der Waals surface area contributed by atoms with Crippen molar-refractivity contribution >= 4 is 15.7 Å². The smallest absolute Gasteiger partial charge is 0.262 e. The fraction of sp³-hybridized carbons (Fsp3) is 0.273. The molecule has 0 aliphatic carbocycles. The molecule has 1 heterocycles. The zero-order valence-electron chi connectivity index (χ0n) is 9.88. The van der Waals surface area contributed by atoms with Crippen molar-refractivity contribution in [3.63, 3.8) is 0 Å². The van der Waals surface area contributed by atoms with Crippen LogP contribution < -0.4 is 14.5 Å². The number of fused-ring (bicyclic) bond motifs is 1. The van der Waals surface area contributed by atoms with Crippen LogP contribution in [0.5, 0.6) is 5.75 Å². The summed E-state index contributed by atoms with van der Waals surface area (Å²) in [5, 5.41) is 8.63. The minimum absolute atomic E-state index is 0.0273. The normalized spacial score (nSPS) is 14.9. The Balaban J connectivity index is 2.53. The summed E-state index contributed by atoms with van der Waals surface area (Å²) >= 11 is 0. The number of nitrogens with zero attached hydrogens (tertiary/aromatic N) is 1. The Morgan fingerprint density at radius 1 is 1.56 bits per heavy atom. The Morgan fingerprint density at radius 2 is 2.28 bits per heavy atom. The van der Waals surface area contributed by atoms with Crippen LogP contribution >= 0.6 is 0 Å². The van der Waals surface area contributed by atoms with Crippen LogP contribution in [0.15, 0.2) is 35.4 Å². The van der Waals surface area contributed by atoms with E-state index in [1.165, 1.54) is 17.0 Å². The molecule has 1 aromatic rings. The molecule has 7 heteroatoms. The molecular weight excluding hydrogens is 256 g/mol. The summed E-state index contributed by atoms with van der Waals surface area (Å²) in [4.78, 5) is 3.14. The largest absolute Gasteiger partial charge is 0.490 e. The van der Waals surface area contributed by atoms with Gasteiger partial charge in [-0.3, -0.25) is 0 Å². The van der Waals surface area contributed by atoms with Crippen molar-refractivity contribution in [2.24, 2.45) is 0 Å². The number of rotatable bonds is 3. The molecule has 2 rings (SSSR count). The van der Waals surface area contributed by atoms with E-state index in [9.17, 15) is 8.42 Å². The number of sulfonamides is 1. The average molecular weight is 270 g/mol. The third-order valence-corrected chi connectivity index (χ3v) is 3.80. The lowest BCUT2D eigenvalue weighted by Gasteiger charge is -2.31. The summed E-state index contributed by atoms with van der Waals surface area (Å²) in [5.74, 6) is 0.598. The SMILES string of the molecule is C=C(C)N1CCOc2ccc(S(=O)(=O)NO)cc21. The van der Waals surface area contributed by atoms with Crippen LogP contribution in [0.25, 0.3) is 0 Å². The highest BCUT2D eigenvalue weighted by atomic mass is 32.2. The van der Waals surface area contributed by atoms with Gasteiger partial charge in [0.1, 0.15) is 12.4 Å². The van der Waals surface area contributed by atoms with E-state index in [0.717, 1.165) is 5.70 Å². The van der Waals surface area contributed by atoms with Gasteiger partial charge in [0, 0.05) is 5.70 Å². The maximum atomic E-state index is 11.5. The quantitative estimate of drug-likeness (QED) is 0.804. The van der Waals surface area contributed by atoms with Crippen LogP contribution in [0.1, 0.15) is 6.92 Å². The van der Waals surface area contributed by atoms with Crippen molar-refractivity contribution in [2.75, 3.05) is 18.1 Å². The third kappa shape index (κ3) is 2.20. The van der Waals surface area contributed by atoms with Gasteiger partial charge >= 0.3 is 0 Å². The Kier molecular flexibility index (Phi) is 3.29. The van der Waals surface area contributed by atoms with Gasteiger partial charge in [0.2, 0.25) is 0 Å². The Labute approximate surface area is 105 Å². The van der Waals surface area contributed by atoms with E-state index in [1.54, 1.807) is 6.07 Å². The summed E-state index contributed by atoms with van der Waals surface area (Å²) in [7, 11) is -3.89. The maximum Gasteiger partial charge on any atom is 0.262 e. The van der Waals surface area contributed by atoms with Crippen molar-refractivity contribution < 1.29 is 18.4 Å². The van der Waals surface area contributed by atoms with Crippen molar-refractivity contribution in [3.8, 4) is 5.75 Å². The second-order valence-electron chi connectivity index (χ2n) is 3.96. The predicted octanol–water partition coefficient (Wildman–Crippen LogP) is 1.09. The Morgan fingerprint density at radius 3 is 2.89 bits per heavy atom. The van der Waals surface area contributed by atoms with Crippen molar-refractivity contribution in [1.29, 1.82) is 0 Å². The number of benzene rings is 1. The molecule has 18 heavy (non-hydrogen) atoms. The Hall–Kier alpha value is -1.57. The fourth-order valence-electron chi connectivity index (χ4n) is 1.81. The van der Waals surface area contributed by atoms with Gasteiger partial charge < -0.3 is 14.8 Å². The molecule has 0 fully saturated rings. The predicted molar refractivity (Wildman–Crippen MR) is 66.2 cm³/mol. The van der Waals surface area contributed by atoms with E-state index in [-0.39, 0.29) is 4.90 Å². The summed E-state index contributed by atoms with van der Waals surface area (Å²) < 4.78 is 28.5. The van der Waals surface area contributed by atoms with Crippen LogP contribution in [-0.2, 0) is 10.0 Å². The summed E-state index contributed by atoms with van der Waals surface area (Å²) in [5.41, 5.74) is 1.43. The molecule has 0 bridgehead atoms. The van der Waals surface area contributed by atoms with Gasteiger partial charge in [-0.1, -0.05) is 11.5 Å². The van der Waals surface area contributed by atoms with E-state index < -0.39 is 10.0 Å². The molecule has 6 nitrogen and oxygen atoms in total. The first kappa shape index (κ1) is 12.9. The molecule has 0 saturated heterocycles. The number of ether oxygens (including phenoxy) is 1. The number of hydrogen-bond donors (Lipinski definition) is 2. The van der Waals surface area contributed by atoms with Gasteiger partial charge in [-0.2, -0.15) is 0 Å². The van der Waals surface area contributed by atoms with E-state index in [1.807, 2.05) is 11.8 Å². The van der Waals surface area contributed by atoms with Gasteiger partial charge in [0.25, 0.3) is 10.0 Å². The van der Waals surface area contributed by atoms with Crippen LogP contribution in [0.4, 0.5) is 5.69 Å². The molecular formula is C11H14N2O4S. The van der Waals surface area contributed by atoms with Crippen molar-refractivity contribution in [1.82, 2.24) is 4.89 Å². The molecule has 0 amide bonds. The van der Waals surface area contributed by atoms with Gasteiger partial charge in [0.15, 0.2) is 0 Å². The molecule has 1 aromatic carbocycles. The molecule has 2 N–H and O–H groups in total. The van der Waals surface area contributed by atoms with Crippen LogP contribution in [-0.4, -0.2) is 26.8 Å². The highest BCUT2D eigenvalue weighted by Gasteiger charge is 2.22. The van der Waals surface area contributed by atoms with E-state index in [4.69, 9.17) is 9.94 Å². The van der Waals surface area contributed by atoms with Gasteiger partial charge in [0.05, 0.1) is 17.1 Å². The van der Waals surface area contributed by atoms with Crippen LogP contribution in [0.2, 0.25) is 0 Å². The summed E-state index contributed by atoms with van der Waals surface area (Å²) in [6, 6.07) is 4.38. The average Bonchev–Trinajstić information content (AvgIpc) is 2.37. The zero-order valence-corrected chi connectivity index (χ0v) is 10.7. The number of anilines is 1. The second-order valence-corrected chi connectivity index (χ2v) is 5.62. The zero-order chi connectivity index (χ0) is 13.3. The minimum Gasteiger partial charge on any atom is -0.490 e. The molecule has 0 saturated carbocycles. The number of hydrogen-bond acceptors (Lipinski definition) is 5. The molecule has 0 spiro atoms.